The summed E-state index contributed by atoms with van der Waals surface area (Å²) < 4.78 is 0. The third-order valence-electron chi connectivity index (χ3n) is 2.47. The van der Waals surface area contributed by atoms with Crippen LogP contribution in [0.4, 0.5) is 0 Å². The van der Waals surface area contributed by atoms with Crippen LogP contribution in [0.3, 0.4) is 0 Å². The Hall–Kier alpha value is -0.870. The lowest BCUT2D eigenvalue weighted by atomic mass is 9.96. The predicted molar refractivity (Wildman–Crippen MR) is 62.1 cm³/mol. The van der Waals surface area contributed by atoms with Crippen LogP contribution in [0.5, 0.6) is 0 Å². The highest BCUT2D eigenvalue weighted by Crippen LogP contribution is 2.16. The molecule has 4 heteroatoms. The normalized spacial score (nSPS) is 12.6. The van der Waals surface area contributed by atoms with Crippen molar-refractivity contribution in [3.05, 3.63) is 22.4 Å². The van der Waals surface area contributed by atoms with Gasteiger partial charge in [-0.15, -0.1) is 0 Å². The Labute approximate surface area is 93.9 Å². The van der Waals surface area contributed by atoms with E-state index in [0.29, 0.717) is 19.4 Å². The Balaban J connectivity index is 2.34. The van der Waals surface area contributed by atoms with E-state index in [4.69, 9.17) is 10.8 Å². The Morgan fingerprint density at radius 3 is 2.87 bits per heavy atom. The Bertz CT molecular complexity index is 285. The van der Waals surface area contributed by atoms with Crippen molar-refractivity contribution < 1.29 is 9.90 Å². The summed E-state index contributed by atoms with van der Waals surface area (Å²) >= 11 is 1.65. The van der Waals surface area contributed by atoms with E-state index in [9.17, 15) is 4.79 Å². The van der Waals surface area contributed by atoms with E-state index in [1.165, 1.54) is 5.56 Å². The zero-order chi connectivity index (χ0) is 11.1. The van der Waals surface area contributed by atoms with Crippen molar-refractivity contribution in [2.45, 2.75) is 25.7 Å². The van der Waals surface area contributed by atoms with Crippen molar-refractivity contribution in [3.63, 3.8) is 0 Å². The molecule has 1 heterocycles. The van der Waals surface area contributed by atoms with Gasteiger partial charge in [-0.1, -0.05) is 0 Å². The smallest absolute Gasteiger partial charge is 0.306 e. The van der Waals surface area contributed by atoms with Crippen molar-refractivity contribution in [2.24, 2.45) is 11.7 Å². The molecule has 0 saturated carbocycles. The SMILES string of the molecule is NCCCC(CCc1ccsc1)C(=O)O. The van der Waals surface area contributed by atoms with Crippen LogP contribution in [-0.2, 0) is 11.2 Å². The van der Waals surface area contributed by atoms with E-state index in [0.717, 1.165) is 12.8 Å². The van der Waals surface area contributed by atoms with Crippen LogP contribution in [0.2, 0.25) is 0 Å². The first-order valence-corrected chi connectivity index (χ1v) is 6.12. The average Bonchev–Trinajstić information content (AvgIpc) is 2.70. The number of carboxylic acids is 1. The highest BCUT2D eigenvalue weighted by molar-refractivity contribution is 7.07. The summed E-state index contributed by atoms with van der Waals surface area (Å²) in [5.74, 6) is -0.938. The Morgan fingerprint density at radius 2 is 2.33 bits per heavy atom. The zero-order valence-corrected chi connectivity index (χ0v) is 9.50. The second-order valence-electron chi connectivity index (χ2n) is 3.64. The van der Waals surface area contributed by atoms with Crippen molar-refractivity contribution in [1.82, 2.24) is 0 Å². The first kappa shape index (κ1) is 12.2. The van der Waals surface area contributed by atoms with E-state index in [-0.39, 0.29) is 5.92 Å². The van der Waals surface area contributed by atoms with E-state index < -0.39 is 5.97 Å². The number of carboxylic acid groups (broad SMARTS) is 1. The number of nitrogens with two attached hydrogens (primary N) is 1. The number of carbonyl (C=O) groups is 1. The largest absolute Gasteiger partial charge is 0.481 e. The minimum absolute atomic E-state index is 0.242. The monoisotopic (exact) mass is 227 g/mol. The van der Waals surface area contributed by atoms with Gasteiger partial charge in [0.05, 0.1) is 5.92 Å². The number of rotatable bonds is 7. The van der Waals surface area contributed by atoms with Crippen LogP contribution in [0, 0.1) is 5.92 Å². The second kappa shape index (κ2) is 6.58. The lowest BCUT2D eigenvalue weighted by molar-refractivity contribution is -0.142. The van der Waals surface area contributed by atoms with Gasteiger partial charge in [-0.25, -0.2) is 0 Å². The second-order valence-corrected chi connectivity index (χ2v) is 4.42. The van der Waals surface area contributed by atoms with Gasteiger partial charge in [0.25, 0.3) is 0 Å². The van der Waals surface area contributed by atoms with Gasteiger partial charge in [0.1, 0.15) is 0 Å². The molecule has 1 atom stereocenters. The highest BCUT2D eigenvalue weighted by Gasteiger charge is 2.16. The number of thiophene rings is 1. The molecule has 1 rings (SSSR count). The van der Waals surface area contributed by atoms with E-state index in [1.807, 2.05) is 11.4 Å². The summed E-state index contributed by atoms with van der Waals surface area (Å²) in [6, 6.07) is 2.05. The molecule has 0 aromatic carbocycles. The van der Waals surface area contributed by atoms with Gasteiger partial charge >= 0.3 is 5.97 Å². The Morgan fingerprint density at radius 1 is 1.53 bits per heavy atom. The van der Waals surface area contributed by atoms with Crippen LogP contribution < -0.4 is 5.73 Å². The van der Waals surface area contributed by atoms with Crippen LogP contribution in [-0.4, -0.2) is 17.6 Å². The highest BCUT2D eigenvalue weighted by atomic mass is 32.1. The molecule has 0 aliphatic carbocycles. The molecule has 0 radical (unpaired) electrons. The molecule has 84 valence electrons. The molecule has 1 aromatic rings. The molecule has 0 fully saturated rings. The van der Waals surface area contributed by atoms with Crippen molar-refractivity contribution in [2.75, 3.05) is 6.54 Å². The molecule has 0 aliphatic rings. The summed E-state index contributed by atoms with van der Waals surface area (Å²) in [6.07, 6.45) is 3.05. The minimum atomic E-state index is -0.696. The molecule has 0 saturated heterocycles. The maximum Gasteiger partial charge on any atom is 0.306 e. The van der Waals surface area contributed by atoms with Crippen LogP contribution >= 0.6 is 11.3 Å². The molecule has 15 heavy (non-hydrogen) atoms. The van der Waals surface area contributed by atoms with Crippen LogP contribution in [0.1, 0.15) is 24.8 Å². The first-order chi connectivity index (χ1) is 7.24. The zero-order valence-electron chi connectivity index (χ0n) is 8.69. The van der Waals surface area contributed by atoms with Crippen LogP contribution in [0.15, 0.2) is 16.8 Å². The summed E-state index contributed by atoms with van der Waals surface area (Å²) in [7, 11) is 0. The van der Waals surface area contributed by atoms with Gasteiger partial charge < -0.3 is 10.8 Å². The number of aryl methyl sites for hydroxylation is 1. The van der Waals surface area contributed by atoms with E-state index in [1.54, 1.807) is 11.3 Å². The van der Waals surface area contributed by atoms with Crippen molar-refractivity contribution in [1.29, 1.82) is 0 Å². The number of aliphatic carboxylic acids is 1. The number of hydrogen-bond acceptors (Lipinski definition) is 3. The fourth-order valence-corrected chi connectivity index (χ4v) is 2.23. The van der Waals surface area contributed by atoms with E-state index >= 15 is 0 Å². The maximum atomic E-state index is 10.9. The third kappa shape index (κ3) is 4.44. The van der Waals surface area contributed by atoms with Gasteiger partial charge in [-0.2, -0.15) is 11.3 Å². The van der Waals surface area contributed by atoms with Gasteiger partial charge in [0, 0.05) is 0 Å². The molecular formula is C11H17NO2S. The standard InChI is InChI=1S/C11H17NO2S/c12-6-1-2-10(11(13)14)4-3-9-5-7-15-8-9/h5,7-8,10H,1-4,6,12H2,(H,13,14). The quantitative estimate of drug-likeness (QED) is 0.750. The fraction of sp³-hybridized carbons (Fsp3) is 0.545. The van der Waals surface area contributed by atoms with Crippen molar-refractivity contribution in [3.8, 4) is 0 Å². The summed E-state index contributed by atoms with van der Waals surface area (Å²) in [5, 5.41) is 13.1. The molecule has 0 bridgehead atoms. The van der Waals surface area contributed by atoms with Gasteiger partial charge in [-0.3, -0.25) is 4.79 Å². The summed E-state index contributed by atoms with van der Waals surface area (Å²) in [4.78, 5) is 10.9. The summed E-state index contributed by atoms with van der Waals surface area (Å²) in [5.41, 5.74) is 6.61. The molecule has 3 nitrogen and oxygen atoms in total. The molecule has 1 unspecified atom stereocenters. The predicted octanol–water partition coefficient (Wildman–Crippen LogP) is 2.12. The molecular weight excluding hydrogens is 210 g/mol. The van der Waals surface area contributed by atoms with Gasteiger partial charge in [-0.05, 0) is 54.6 Å². The molecule has 3 N–H and O–H groups in total. The third-order valence-corrected chi connectivity index (χ3v) is 3.20. The summed E-state index contributed by atoms with van der Waals surface area (Å²) in [6.45, 7) is 0.572. The van der Waals surface area contributed by atoms with Crippen LogP contribution in [0.25, 0.3) is 0 Å². The Kier molecular flexibility index (Phi) is 5.36. The first-order valence-electron chi connectivity index (χ1n) is 5.18. The minimum Gasteiger partial charge on any atom is -0.481 e. The van der Waals surface area contributed by atoms with Crippen molar-refractivity contribution >= 4 is 17.3 Å². The number of hydrogen-bond donors (Lipinski definition) is 2. The average molecular weight is 227 g/mol. The van der Waals surface area contributed by atoms with E-state index in [2.05, 4.69) is 5.38 Å². The lowest BCUT2D eigenvalue weighted by Gasteiger charge is -2.10. The maximum absolute atomic E-state index is 10.9. The lowest BCUT2D eigenvalue weighted by Crippen LogP contribution is -2.16. The molecule has 0 amide bonds. The molecule has 0 aliphatic heterocycles. The molecule has 0 spiro atoms. The van der Waals surface area contributed by atoms with Gasteiger partial charge in [0.2, 0.25) is 0 Å². The fourth-order valence-electron chi connectivity index (χ4n) is 1.53. The topological polar surface area (TPSA) is 63.3 Å². The molecule has 1 aromatic heterocycles. The van der Waals surface area contributed by atoms with Gasteiger partial charge in [0.15, 0.2) is 0 Å².